The molecule has 2 aromatic rings. The van der Waals surface area contributed by atoms with Gasteiger partial charge in [-0.3, -0.25) is 4.79 Å². The van der Waals surface area contributed by atoms with Gasteiger partial charge >= 0.3 is 0 Å². The third kappa shape index (κ3) is 4.06. The zero-order chi connectivity index (χ0) is 13.7. The van der Waals surface area contributed by atoms with Gasteiger partial charge in [-0.25, -0.2) is 0 Å². The van der Waals surface area contributed by atoms with E-state index in [-0.39, 0.29) is 19.1 Å². The molecule has 0 atom stereocenters. The van der Waals surface area contributed by atoms with E-state index in [1.807, 2.05) is 32.0 Å². The maximum atomic E-state index is 11.6. The second kappa shape index (κ2) is 5.94. The zero-order valence-electron chi connectivity index (χ0n) is 10.8. The third-order valence-corrected chi connectivity index (χ3v) is 2.40. The number of nitrogens with one attached hydrogen (secondary N) is 2. The molecule has 0 aliphatic carbocycles. The summed E-state index contributed by atoms with van der Waals surface area (Å²) in [5, 5.41) is 15.8. The summed E-state index contributed by atoms with van der Waals surface area (Å²) in [5.41, 5.74) is 2.20. The Kier molecular flexibility index (Phi) is 4.07. The van der Waals surface area contributed by atoms with Gasteiger partial charge in [0, 0.05) is 0 Å². The summed E-state index contributed by atoms with van der Waals surface area (Å²) in [4.78, 5) is 11.6. The van der Waals surface area contributed by atoms with E-state index in [9.17, 15) is 4.79 Å². The second-order valence-electron chi connectivity index (χ2n) is 4.22. The molecule has 7 heteroatoms. The number of amides is 1. The molecule has 0 fully saturated rings. The van der Waals surface area contributed by atoms with Gasteiger partial charge < -0.3 is 10.1 Å². The number of H-pyrrole nitrogens is 1. The summed E-state index contributed by atoms with van der Waals surface area (Å²) in [6, 6.07) is 5.82. The minimum absolute atomic E-state index is 0.0409. The van der Waals surface area contributed by atoms with Gasteiger partial charge in [-0.05, 0) is 37.1 Å². The number of rotatable bonds is 5. The van der Waals surface area contributed by atoms with Crippen molar-refractivity contribution < 1.29 is 9.53 Å². The molecule has 0 unspecified atom stereocenters. The quantitative estimate of drug-likeness (QED) is 0.818. The van der Waals surface area contributed by atoms with Crippen LogP contribution in [0.5, 0.6) is 5.75 Å². The van der Waals surface area contributed by atoms with Crippen LogP contribution >= 0.6 is 0 Å². The molecule has 0 saturated carbocycles. The Labute approximate surface area is 110 Å². The first-order valence-corrected chi connectivity index (χ1v) is 5.83. The van der Waals surface area contributed by atoms with E-state index in [0.717, 1.165) is 11.1 Å². The van der Waals surface area contributed by atoms with Gasteiger partial charge in [-0.1, -0.05) is 11.3 Å². The normalized spacial score (nSPS) is 10.2. The van der Waals surface area contributed by atoms with Gasteiger partial charge in [0.25, 0.3) is 5.91 Å². The molecular weight excluding hydrogens is 246 g/mol. The summed E-state index contributed by atoms with van der Waals surface area (Å²) in [5.74, 6) is 0.885. The molecule has 0 aliphatic rings. The molecule has 1 aromatic carbocycles. The molecule has 100 valence electrons. The molecule has 0 spiro atoms. The maximum Gasteiger partial charge on any atom is 0.258 e. The Morgan fingerprint density at radius 1 is 1.32 bits per heavy atom. The van der Waals surface area contributed by atoms with E-state index >= 15 is 0 Å². The molecule has 0 saturated heterocycles. The number of tetrazole rings is 1. The van der Waals surface area contributed by atoms with Crippen LogP contribution < -0.4 is 10.1 Å². The summed E-state index contributed by atoms with van der Waals surface area (Å²) in [6.07, 6.45) is 0. The van der Waals surface area contributed by atoms with Gasteiger partial charge in [0.05, 0.1) is 6.54 Å². The lowest BCUT2D eigenvalue weighted by atomic mass is 10.1. The molecule has 1 amide bonds. The van der Waals surface area contributed by atoms with Crippen molar-refractivity contribution in [3.63, 3.8) is 0 Å². The molecular formula is C12H15N5O2. The summed E-state index contributed by atoms with van der Waals surface area (Å²) in [7, 11) is 0. The molecule has 2 rings (SSSR count). The average molecular weight is 261 g/mol. The van der Waals surface area contributed by atoms with Crippen LogP contribution in [0.3, 0.4) is 0 Å². The van der Waals surface area contributed by atoms with E-state index in [2.05, 4.69) is 25.9 Å². The number of aromatic amines is 1. The van der Waals surface area contributed by atoms with Crippen LogP contribution in [0.4, 0.5) is 0 Å². The number of aromatic nitrogens is 4. The Morgan fingerprint density at radius 3 is 2.68 bits per heavy atom. The molecule has 19 heavy (non-hydrogen) atoms. The van der Waals surface area contributed by atoms with Crippen LogP contribution in [0.15, 0.2) is 18.2 Å². The molecule has 1 aromatic heterocycles. The number of ether oxygens (including phenoxy) is 1. The predicted molar refractivity (Wildman–Crippen MR) is 67.4 cm³/mol. The van der Waals surface area contributed by atoms with E-state index < -0.39 is 0 Å². The number of nitrogens with zero attached hydrogens (tertiary/aromatic N) is 3. The number of aryl methyl sites for hydroxylation is 2. The van der Waals surface area contributed by atoms with E-state index in [4.69, 9.17) is 4.74 Å². The molecule has 0 radical (unpaired) electrons. The van der Waals surface area contributed by atoms with Crippen molar-refractivity contribution in [2.45, 2.75) is 20.4 Å². The van der Waals surface area contributed by atoms with Crippen LogP contribution in [0.1, 0.15) is 17.0 Å². The Morgan fingerprint density at radius 2 is 2.05 bits per heavy atom. The van der Waals surface area contributed by atoms with Gasteiger partial charge in [-0.2, -0.15) is 5.21 Å². The van der Waals surface area contributed by atoms with Gasteiger partial charge in [-0.15, -0.1) is 10.2 Å². The van der Waals surface area contributed by atoms with Crippen LogP contribution in [0.2, 0.25) is 0 Å². The fraction of sp³-hybridized carbons (Fsp3) is 0.333. The first-order chi connectivity index (χ1) is 9.13. The molecule has 0 bridgehead atoms. The average Bonchev–Trinajstić information content (AvgIpc) is 2.86. The summed E-state index contributed by atoms with van der Waals surface area (Å²) in [6.45, 7) is 4.15. The number of benzene rings is 1. The van der Waals surface area contributed by atoms with Crippen LogP contribution in [-0.4, -0.2) is 33.1 Å². The highest BCUT2D eigenvalue weighted by atomic mass is 16.5. The minimum Gasteiger partial charge on any atom is -0.484 e. The van der Waals surface area contributed by atoms with Gasteiger partial charge in [0.2, 0.25) is 0 Å². The van der Waals surface area contributed by atoms with E-state index in [1.165, 1.54) is 0 Å². The van der Waals surface area contributed by atoms with E-state index in [1.54, 1.807) is 0 Å². The number of hydrogen-bond donors (Lipinski definition) is 2. The highest BCUT2D eigenvalue weighted by Gasteiger charge is 2.05. The standard InChI is InChI=1S/C12H15N5O2/c1-8-3-9(2)5-10(4-8)19-7-12(18)13-6-11-14-16-17-15-11/h3-5H,6-7H2,1-2H3,(H,13,18)(H,14,15,16,17). The fourth-order valence-corrected chi connectivity index (χ4v) is 1.65. The van der Waals surface area contributed by atoms with Crippen LogP contribution in [-0.2, 0) is 11.3 Å². The maximum absolute atomic E-state index is 11.6. The van der Waals surface area contributed by atoms with Crippen molar-refractivity contribution in [3.8, 4) is 5.75 Å². The zero-order valence-corrected chi connectivity index (χ0v) is 10.8. The third-order valence-electron chi connectivity index (χ3n) is 2.40. The Hall–Kier alpha value is -2.44. The van der Waals surface area contributed by atoms with Crippen LogP contribution in [0.25, 0.3) is 0 Å². The molecule has 2 N–H and O–H groups in total. The highest BCUT2D eigenvalue weighted by molar-refractivity contribution is 5.77. The van der Waals surface area contributed by atoms with Gasteiger partial charge in [0.15, 0.2) is 12.4 Å². The van der Waals surface area contributed by atoms with Crippen LogP contribution in [0, 0.1) is 13.8 Å². The lowest BCUT2D eigenvalue weighted by Crippen LogP contribution is -2.28. The number of carbonyl (C=O) groups is 1. The van der Waals surface area contributed by atoms with Crippen molar-refractivity contribution in [2.24, 2.45) is 0 Å². The first-order valence-electron chi connectivity index (χ1n) is 5.83. The van der Waals surface area contributed by atoms with Gasteiger partial charge in [0.1, 0.15) is 5.75 Å². The minimum atomic E-state index is -0.232. The number of hydrogen-bond acceptors (Lipinski definition) is 5. The topological polar surface area (TPSA) is 92.8 Å². The van der Waals surface area contributed by atoms with Crippen molar-refractivity contribution in [2.75, 3.05) is 6.61 Å². The largest absolute Gasteiger partial charge is 0.484 e. The summed E-state index contributed by atoms with van der Waals surface area (Å²) >= 11 is 0. The highest BCUT2D eigenvalue weighted by Crippen LogP contribution is 2.15. The van der Waals surface area contributed by atoms with Crippen molar-refractivity contribution in [1.82, 2.24) is 25.9 Å². The Bertz CT molecular complexity index is 533. The van der Waals surface area contributed by atoms with Crippen molar-refractivity contribution in [1.29, 1.82) is 0 Å². The predicted octanol–water partition coefficient (Wildman–Crippen LogP) is 0.512. The fourth-order valence-electron chi connectivity index (χ4n) is 1.65. The number of carbonyl (C=O) groups excluding carboxylic acids is 1. The first kappa shape index (κ1) is 13.0. The van der Waals surface area contributed by atoms with Crippen molar-refractivity contribution >= 4 is 5.91 Å². The smallest absolute Gasteiger partial charge is 0.258 e. The molecule has 0 aliphatic heterocycles. The summed E-state index contributed by atoms with van der Waals surface area (Å²) < 4.78 is 5.42. The monoisotopic (exact) mass is 261 g/mol. The van der Waals surface area contributed by atoms with E-state index in [0.29, 0.717) is 11.6 Å². The lowest BCUT2D eigenvalue weighted by molar-refractivity contribution is -0.123. The molecule has 7 nitrogen and oxygen atoms in total. The second-order valence-corrected chi connectivity index (χ2v) is 4.22. The molecule has 1 heterocycles. The van der Waals surface area contributed by atoms with Crippen molar-refractivity contribution in [3.05, 3.63) is 35.2 Å². The Balaban J connectivity index is 1.79. The lowest BCUT2D eigenvalue weighted by Gasteiger charge is -2.08. The SMILES string of the molecule is Cc1cc(C)cc(OCC(=O)NCc2nn[nH]n2)c1.